The third-order valence-electron chi connectivity index (χ3n) is 3.68. The maximum absolute atomic E-state index is 10.1. The van der Waals surface area contributed by atoms with Gasteiger partial charge in [-0.1, -0.05) is 27.7 Å². The molecule has 90 valence electrons. The van der Waals surface area contributed by atoms with Gasteiger partial charge in [0.25, 0.3) is 0 Å². The van der Waals surface area contributed by atoms with E-state index in [0.29, 0.717) is 6.04 Å². The molecular weight excluding hydrogens is 186 g/mol. The molecule has 0 aromatic rings. The van der Waals surface area contributed by atoms with E-state index in [1.807, 2.05) is 0 Å². The lowest BCUT2D eigenvalue weighted by atomic mass is 9.87. The summed E-state index contributed by atoms with van der Waals surface area (Å²) in [5.41, 5.74) is 0.00276. The van der Waals surface area contributed by atoms with Crippen LogP contribution in [0, 0.1) is 11.3 Å². The Morgan fingerprint density at radius 1 is 1.33 bits per heavy atom. The smallest absolute Gasteiger partial charge is 0.0715 e. The maximum Gasteiger partial charge on any atom is 0.0715 e. The fraction of sp³-hybridized carbons (Fsp3) is 1.00. The van der Waals surface area contributed by atoms with Crippen molar-refractivity contribution in [3.8, 4) is 0 Å². The molecule has 0 aliphatic carbocycles. The van der Waals surface area contributed by atoms with E-state index < -0.39 is 0 Å². The van der Waals surface area contributed by atoms with Crippen molar-refractivity contribution in [2.24, 2.45) is 11.3 Å². The molecule has 0 amide bonds. The van der Waals surface area contributed by atoms with Gasteiger partial charge in [-0.2, -0.15) is 0 Å². The Hall–Kier alpha value is -0.0800. The third-order valence-corrected chi connectivity index (χ3v) is 3.68. The van der Waals surface area contributed by atoms with Gasteiger partial charge in [0, 0.05) is 12.6 Å². The van der Waals surface area contributed by atoms with Crippen molar-refractivity contribution in [3.05, 3.63) is 0 Å². The van der Waals surface area contributed by atoms with Crippen molar-refractivity contribution in [2.45, 2.75) is 59.6 Å². The van der Waals surface area contributed by atoms with Crippen LogP contribution in [0.4, 0.5) is 0 Å². The summed E-state index contributed by atoms with van der Waals surface area (Å²) >= 11 is 0. The SMILES string of the molecule is CC1CCN(CC(O)C(C)(C)C)C(C)C1. The van der Waals surface area contributed by atoms with E-state index in [2.05, 4.69) is 39.5 Å². The number of hydrogen-bond donors (Lipinski definition) is 1. The standard InChI is InChI=1S/C13H27NO/c1-10-6-7-14(11(2)8-10)9-12(15)13(3,4)5/h10-12,15H,6-9H2,1-5H3. The summed E-state index contributed by atoms with van der Waals surface area (Å²) in [4.78, 5) is 2.44. The molecule has 1 rings (SSSR count). The molecule has 1 N–H and O–H groups in total. The van der Waals surface area contributed by atoms with Crippen LogP contribution in [0.15, 0.2) is 0 Å². The second-order valence-electron chi connectivity index (χ2n) is 6.36. The lowest BCUT2D eigenvalue weighted by molar-refractivity contribution is 0.00387. The summed E-state index contributed by atoms with van der Waals surface area (Å²) in [6.07, 6.45) is 2.34. The first-order valence-electron chi connectivity index (χ1n) is 6.23. The van der Waals surface area contributed by atoms with Crippen molar-refractivity contribution in [3.63, 3.8) is 0 Å². The van der Waals surface area contributed by atoms with Crippen LogP contribution in [0.25, 0.3) is 0 Å². The number of rotatable bonds is 2. The van der Waals surface area contributed by atoms with Gasteiger partial charge in [-0.3, -0.25) is 4.90 Å². The Bertz CT molecular complexity index is 197. The summed E-state index contributed by atoms with van der Waals surface area (Å²) in [7, 11) is 0. The van der Waals surface area contributed by atoms with Gasteiger partial charge >= 0.3 is 0 Å². The molecule has 1 saturated heterocycles. The summed E-state index contributed by atoms with van der Waals surface area (Å²) in [6, 6.07) is 0.630. The molecule has 3 unspecified atom stereocenters. The third kappa shape index (κ3) is 3.76. The number of aliphatic hydroxyl groups is 1. The van der Waals surface area contributed by atoms with Crippen molar-refractivity contribution < 1.29 is 5.11 Å². The van der Waals surface area contributed by atoms with Crippen LogP contribution < -0.4 is 0 Å². The molecule has 2 nitrogen and oxygen atoms in total. The summed E-state index contributed by atoms with van der Waals surface area (Å²) in [6.45, 7) is 12.9. The average molecular weight is 213 g/mol. The fourth-order valence-corrected chi connectivity index (χ4v) is 2.22. The number of likely N-dealkylation sites (tertiary alicyclic amines) is 1. The van der Waals surface area contributed by atoms with Crippen LogP contribution in [-0.2, 0) is 0 Å². The average Bonchev–Trinajstić information content (AvgIpc) is 2.08. The van der Waals surface area contributed by atoms with Crippen molar-refractivity contribution in [1.82, 2.24) is 4.90 Å². The van der Waals surface area contributed by atoms with E-state index in [4.69, 9.17) is 0 Å². The fourth-order valence-electron chi connectivity index (χ4n) is 2.22. The molecule has 0 spiro atoms. The molecule has 0 radical (unpaired) electrons. The van der Waals surface area contributed by atoms with Crippen LogP contribution in [0.3, 0.4) is 0 Å². The zero-order valence-corrected chi connectivity index (χ0v) is 11.0. The second kappa shape index (κ2) is 4.84. The maximum atomic E-state index is 10.1. The Balaban J connectivity index is 2.45. The van der Waals surface area contributed by atoms with E-state index >= 15 is 0 Å². The molecule has 0 bridgehead atoms. The van der Waals surface area contributed by atoms with Gasteiger partial charge in [-0.15, -0.1) is 0 Å². The molecule has 1 aliphatic heterocycles. The molecular formula is C13H27NO. The predicted molar refractivity (Wildman–Crippen MR) is 64.9 cm³/mol. The van der Waals surface area contributed by atoms with E-state index in [9.17, 15) is 5.11 Å². The highest BCUT2D eigenvalue weighted by atomic mass is 16.3. The zero-order valence-electron chi connectivity index (χ0n) is 11.0. The summed E-state index contributed by atoms with van der Waals surface area (Å²) in [5, 5.41) is 10.1. The number of aliphatic hydroxyl groups excluding tert-OH is 1. The van der Waals surface area contributed by atoms with Crippen molar-refractivity contribution in [2.75, 3.05) is 13.1 Å². The Morgan fingerprint density at radius 3 is 2.40 bits per heavy atom. The Kier molecular flexibility index (Phi) is 4.19. The van der Waals surface area contributed by atoms with Crippen LogP contribution in [-0.4, -0.2) is 35.2 Å². The van der Waals surface area contributed by atoms with E-state index in [0.717, 1.165) is 19.0 Å². The van der Waals surface area contributed by atoms with Gasteiger partial charge < -0.3 is 5.11 Å². The molecule has 0 aromatic carbocycles. The van der Waals surface area contributed by atoms with Gasteiger partial charge in [0.15, 0.2) is 0 Å². The van der Waals surface area contributed by atoms with Gasteiger partial charge in [-0.25, -0.2) is 0 Å². The highest BCUT2D eigenvalue weighted by molar-refractivity contribution is 4.82. The van der Waals surface area contributed by atoms with Gasteiger partial charge in [0.2, 0.25) is 0 Å². The highest BCUT2D eigenvalue weighted by Gasteiger charge is 2.29. The topological polar surface area (TPSA) is 23.5 Å². The quantitative estimate of drug-likeness (QED) is 0.762. The highest BCUT2D eigenvalue weighted by Crippen LogP contribution is 2.25. The first kappa shape index (κ1) is 13.0. The number of hydrogen-bond acceptors (Lipinski definition) is 2. The second-order valence-corrected chi connectivity index (χ2v) is 6.36. The van der Waals surface area contributed by atoms with Crippen LogP contribution >= 0.6 is 0 Å². The van der Waals surface area contributed by atoms with Crippen molar-refractivity contribution >= 4 is 0 Å². The van der Waals surface area contributed by atoms with Gasteiger partial charge in [0.05, 0.1) is 6.10 Å². The Labute approximate surface area is 94.7 Å². The van der Waals surface area contributed by atoms with Crippen LogP contribution in [0.2, 0.25) is 0 Å². The predicted octanol–water partition coefficient (Wildman–Crippen LogP) is 2.51. The monoisotopic (exact) mass is 213 g/mol. The summed E-state index contributed by atoms with van der Waals surface area (Å²) < 4.78 is 0. The number of piperidine rings is 1. The molecule has 1 fully saturated rings. The van der Waals surface area contributed by atoms with Gasteiger partial charge in [0.1, 0.15) is 0 Å². The lowest BCUT2D eigenvalue weighted by Crippen LogP contribution is -2.47. The molecule has 3 atom stereocenters. The zero-order chi connectivity index (χ0) is 11.6. The molecule has 15 heavy (non-hydrogen) atoms. The lowest BCUT2D eigenvalue weighted by Gasteiger charge is -2.40. The van der Waals surface area contributed by atoms with Crippen molar-refractivity contribution in [1.29, 1.82) is 0 Å². The van der Waals surface area contributed by atoms with E-state index in [1.165, 1.54) is 12.8 Å². The van der Waals surface area contributed by atoms with Crippen LogP contribution in [0.5, 0.6) is 0 Å². The molecule has 0 aromatic heterocycles. The minimum Gasteiger partial charge on any atom is -0.391 e. The van der Waals surface area contributed by atoms with E-state index in [-0.39, 0.29) is 11.5 Å². The first-order chi connectivity index (χ1) is 6.80. The number of nitrogens with zero attached hydrogens (tertiary/aromatic N) is 1. The number of β-amino-alcohol motifs (C(OH)–C–C–N with tert-alkyl or cyclic N) is 1. The minimum absolute atomic E-state index is 0.00276. The minimum atomic E-state index is -0.214. The normalized spacial score (nSPS) is 31.6. The first-order valence-corrected chi connectivity index (χ1v) is 6.23. The largest absolute Gasteiger partial charge is 0.391 e. The molecule has 2 heteroatoms. The Morgan fingerprint density at radius 2 is 1.93 bits per heavy atom. The molecule has 1 heterocycles. The summed E-state index contributed by atoms with van der Waals surface area (Å²) in [5.74, 6) is 0.850. The molecule has 0 saturated carbocycles. The van der Waals surface area contributed by atoms with E-state index in [1.54, 1.807) is 0 Å². The molecule has 1 aliphatic rings. The van der Waals surface area contributed by atoms with Gasteiger partial charge in [-0.05, 0) is 37.6 Å². The van der Waals surface area contributed by atoms with Crippen LogP contribution in [0.1, 0.15) is 47.5 Å².